The Kier molecular flexibility index (Phi) is 3.56. The van der Waals surface area contributed by atoms with Crippen LogP contribution in [0.2, 0.25) is 0 Å². The molecule has 6 heteroatoms. The summed E-state index contributed by atoms with van der Waals surface area (Å²) < 4.78 is 5.83. The molecule has 0 saturated carbocycles. The van der Waals surface area contributed by atoms with Gasteiger partial charge in [0.1, 0.15) is 11.9 Å². The fourth-order valence-electron chi connectivity index (χ4n) is 3.07. The Hall–Kier alpha value is -1.92. The van der Waals surface area contributed by atoms with E-state index in [1.54, 1.807) is 11.5 Å². The predicted molar refractivity (Wildman–Crippen MR) is 89.3 cm³/mol. The molecular weight excluding hydrogens is 296 g/mol. The van der Waals surface area contributed by atoms with Gasteiger partial charge in [-0.1, -0.05) is 24.3 Å². The van der Waals surface area contributed by atoms with Gasteiger partial charge >= 0.3 is 0 Å². The quantitative estimate of drug-likeness (QED) is 0.853. The number of hydrogen-bond acceptors (Lipinski definition) is 5. The maximum absolute atomic E-state index is 12.4. The van der Waals surface area contributed by atoms with Gasteiger partial charge in [-0.05, 0) is 23.7 Å². The summed E-state index contributed by atoms with van der Waals surface area (Å²) in [6, 6.07) is 8.20. The summed E-state index contributed by atoms with van der Waals surface area (Å²) in [6.07, 6.45) is 3.98. The Morgan fingerprint density at radius 1 is 1.23 bits per heavy atom. The number of carbonyl (C=O) groups is 1. The van der Waals surface area contributed by atoms with E-state index in [1.807, 2.05) is 23.1 Å². The lowest BCUT2D eigenvalue weighted by Crippen LogP contribution is -2.53. The molecule has 1 atom stereocenters. The van der Waals surface area contributed by atoms with Crippen molar-refractivity contribution < 1.29 is 4.79 Å². The van der Waals surface area contributed by atoms with Crippen LogP contribution in [0.5, 0.6) is 0 Å². The van der Waals surface area contributed by atoms with Gasteiger partial charge in [0.25, 0.3) is 0 Å². The van der Waals surface area contributed by atoms with E-state index in [0.717, 1.165) is 38.5 Å². The van der Waals surface area contributed by atoms with Gasteiger partial charge in [0.2, 0.25) is 5.91 Å². The number of fused-ring (bicyclic) bond motifs is 1. The topological polar surface area (TPSA) is 48.5 Å². The third-order valence-electron chi connectivity index (χ3n) is 4.30. The number of benzene rings is 1. The molecule has 1 aromatic heterocycles. The van der Waals surface area contributed by atoms with Crippen molar-refractivity contribution >= 4 is 33.3 Å². The summed E-state index contributed by atoms with van der Waals surface area (Å²) in [5, 5.41) is 4.41. The van der Waals surface area contributed by atoms with Crippen LogP contribution in [0.3, 0.4) is 0 Å². The number of rotatable bonds is 2. The zero-order chi connectivity index (χ0) is 14.9. The van der Waals surface area contributed by atoms with Crippen LogP contribution in [0, 0.1) is 0 Å². The summed E-state index contributed by atoms with van der Waals surface area (Å²) in [6.45, 7) is 4.00. The fraction of sp³-hybridized carbons (Fsp3) is 0.375. The molecule has 1 saturated heterocycles. The highest BCUT2D eigenvalue weighted by Gasteiger charge is 2.28. The second-order valence-electron chi connectivity index (χ2n) is 5.63. The summed E-state index contributed by atoms with van der Waals surface area (Å²) in [7, 11) is 0. The van der Waals surface area contributed by atoms with Crippen molar-refractivity contribution in [3.05, 3.63) is 36.4 Å². The normalized spacial score (nSPS) is 21.7. The van der Waals surface area contributed by atoms with Crippen LogP contribution in [0.25, 0.3) is 10.1 Å². The number of nitrogens with one attached hydrogen (secondary N) is 1. The van der Waals surface area contributed by atoms with Gasteiger partial charge in [-0.25, -0.2) is 0 Å². The first-order valence-electron chi connectivity index (χ1n) is 7.61. The van der Waals surface area contributed by atoms with Gasteiger partial charge in [0.05, 0.1) is 4.70 Å². The second-order valence-corrected chi connectivity index (χ2v) is 6.43. The minimum Gasteiger partial charge on any atom is -0.352 e. The van der Waals surface area contributed by atoms with E-state index < -0.39 is 0 Å². The van der Waals surface area contributed by atoms with Crippen molar-refractivity contribution in [3.63, 3.8) is 0 Å². The number of amides is 1. The Balaban J connectivity index is 1.45. The molecule has 0 bridgehead atoms. The van der Waals surface area contributed by atoms with E-state index >= 15 is 0 Å². The van der Waals surface area contributed by atoms with Gasteiger partial charge in [0, 0.05) is 38.1 Å². The highest BCUT2D eigenvalue weighted by Crippen LogP contribution is 2.29. The summed E-state index contributed by atoms with van der Waals surface area (Å²) in [5.41, 5.74) is 0. The third-order valence-corrected chi connectivity index (χ3v) is 5.12. The number of nitrogens with zero attached hydrogens (tertiary/aromatic N) is 3. The lowest BCUT2D eigenvalue weighted by molar-refractivity contribution is -0.132. The van der Waals surface area contributed by atoms with Gasteiger partial charge in [-0.3, -0.25) is 10.1 Å². The highest BCUT2D eigenvalue weighted by molar-refractivity contribution is 7.13. The molecule has 1 aromatic carbocycles. The predicted octanol–water partition coefficient (Wildman–Crippen LogP) is 1.47. The van der Waals surface area contributed by atoms with E-state index in [0.29, 0.717) is 0 Å². The van der Waals surface area contributed by atoms with Crippen LogP contribution in [-0.4, -0.2) is 53.9 Å². The number of carbonyl (C=O) groups excluding carboxylic acids is 1. The van der Waals surface area contributed by atoms with Crippen LogP contribution in [0.15, 0.2) is 36.4 Å². The molecule has 0 radical (unpaired) electrons. The summed E-state index contributed by atoms with van der Waals surface area (Å²) in [4.78, 5) is 16.6. The van der Waals surface area contributed by atoms with Crippen LogP contribution < -0.4 is 10.2 Å². The molecule has 2 aromatic rings. The largest absolute Gasteiger partial charge is 0.352 e. The van der Waals surface area contributed by atoms with Crippen LogP contribution in [0.4, 0.5) is 5.82 Å². The Morgan fingerprint density at radius 3 is 2.82 bits per heavy atom. The third kappa shape index (κ3) is 2.38. The Labute approximate surface area is 133 Å². The smallest absolute Gasteiger partial charge is 0.243 e. The minimum absolute atomic E-state index is 0.133. The highest BCUT2D eigenvalue weighted by atomic mass is 32.1. The molecule has 1 amide bonds. The van der Waals surface area contributed by atoms with Crippen molar-refractivity contribution in [1.29, 1.82) is 0 Å². The van der Waals surface area contributed by atoms with Gasteiger partial charge in [-0.2, -0.15) is 4.37 Å². The molecule has 1 fully saturated rings. The molecule has 2 aliphatic rings. The van der Waals surface area contributed by atoms with E-state index in [9.17, 15) is 4.79 Å². The monoisotopic (exact) mass is 314 g/mol. The molecule has 5 nitrogen and oxygen atoms in total. The van der Waals surface area contributed by atoms with E-state index in [2.05, 4.69) is 32.8 Å². The maximum atomic E-state index is 12.4. The zero-order valence-electron chi connectivity index (χ0n) is 12.2. The van der Waals surface area contributed by atoms with Gasteiger partial charge in [-0.15, -0.1) is 0 Å². The lowest BCUT2D eigenvalue weighted by Gasteiger charge is -2.36. The first-order valence-corrected chi connectivity index (χ1v) is 8.38. The van der Waals surface area contributed by atoms with Crippen molar-refractivity contribution in [2.75, 3.05) is 37.6 Å². The molecule has 4 rings (SSSR count). The Morgan fingerprint density at radius 2 is 2.05 bits per heavy atom. The summed E-state index contributed by atoms with van der Waals surface area (Å²) >= 11 is 1.54. The fourth-order valence-corrected chi connectivity index (χ4v) is 3.87. The SMILES string of the molecule is O=C(C1C=CCN1)N1CCN(c2nsc3ccccc23)CC1. The number of hydrogen-bond donors (Lipinski definition) is 1. The molecule has 1 unspecified atom stereocenters. The van der Waals surface area contributed by atoms with Crippen molar-refractivity contribution in [2.24, 2.45) is 0 Å². The molecule has 3 heterocycles. The molecule has 0 spiro atoms. The van der Waals surface area contributed by atoms with Crippen LogP contribution >= 0.6 is 11.5 Å². The number of piperazine rings is 1. The summed E-state index contributed by atoms with van der Waals surface area (Å²) in [5.74, 6) is 1.25. The number of aromatic nitrogens is 1. The lowest BCUT2D eigenvalue weighted by atomic mass is 10.2. The van der Waals surface area contributed by atoms with E-state index in [1.165, 1.54) is 10.1 Å². The molecule has 22 heavy (non-hydrogen) atoms. The molecule has 0 aliphatic carbocycles. The first kappa shape index (κ1) is 13.7. The van der Waals surface area contributed by atoms with E-state index in [4.69, 9.17) is 0 Å². The standard InChI is InChI=1S/C16H18N4OS/c21-16(13-5-3-7-17-13)20-10-8-19(9-11-20)15-12-4-1-2-6-14(12)22-18-15/h1-6,13,17H,7-11H2. The number of anilines is 1. The molecular formula is C16H18N4OS. The second kappa shape index (κ2) is 5.70. The van der Waals surface area contributed by atoms with Crippen molar-refractivity contribution in [2.45, 2.75) is 6.04 Å². The van der Waals surface area contributed by atoms with Crippen LogP contribution in [0.1, 0.15) is 0 Å². The van der Waals surface area contributed by atoms with Crippen molar-refractivity contribution in [3.8, 4) is 0 Å². The average Bonchev–Trinajstić information content (AvgIpc) is 3.24. The first-order chi connectivity index (χ1) is 10.8. The van der Waals surface area contributed by atoms with Gasteiger partial charge in [0.15, 0.2) is 0 Å². The average molecular weight is 314 g/mol. The van der Waals surface area contributed by atoms with Crippen molar-refractivity contribution in [1.82, 2.24) is 14.6 Å². The minimum atomic E-state index is -0.133. The zero-order valence-corrected chi connectivity index (χ0v) is 13.1. The van der Waals surface area contributed by atoms with E-state index in [-0.39, 0.29) is 11.9 Å². The molecule has 1 N–H and O–H groups in total. The molecule has 114 valence electrons. The molecule has 2 aliphatic heterocycles. The maximum Gasteiger partial charge on any atom is 0.243 e. The van der Waals surface area contributed by atoms with Crippen LogP contribution in [-0.2, 0) is 4.79 Å². The van der Waals surface area contributed by atoms with Gasteiger partial charge < -0.3 is 9.80 Å². The Bertz CT molecular complexity index is 718.